The van der Waals surface area contributed by atoms with Crippen LogP contribution >= 0.6 is 0 Å². The van der Waals surface area contributed by atoms with Crippen molar-refractivity contribution in [2.45, 2.75) is 6.42 Å². The molecule has 1 aliphatic heterocycles. The Morgan fingerprint density at radius 3 is 3.08 bits per heavy atom. The Kier molecular flexibility index (Phi) is 4.00. The van der Waals surface area contributed by atoms with Crippen LogP contribution in [0.2, 0.25) is 0 Å². The monoisotopic (exact) mass is 327 g/mol. The van der Waals surface area contributed by atoms with Gasteiger partial charge in [-0.1, -0.05) is 6.07 Å². The van der Waals surface area contributed by atoms with Crippen molar-refractivity contribution in [2.24, 2.45) is 0 Å². The molecule has 2 N–H and O–H groups in total. The Balaban J connectivity index is 1.80. The average molecular weight is 327 g/mol. The summed E-state index contributed by atoms with van der Waals surface area (Å²) in [4.78, 5) is 4.63. The third-order valence-corrected chi connectivity index (χ3v) is 3.97. The second-order valence-electron chi connectivity index (χ2n) is 5.66. The molecule has 24 heavy (non-hydrogen) atoms. The maximum Gasteiger partial charge on any atom is 0.165 e. The predicted molar refractivity (Wildman–Crippen MR) is 89.9 cm³/mol. The highest BCUT2D eigenvalue weighted by molar-refractivity contribution is 5.78. The van der Waals surface area contributed by atoms with Gasteiger partial charge in [-0.25, -0.2) is 13.9 Å². The molecular weight excluding hydrogens is 309 g/mol. The van der Waals surface area contributed by atoms with Crippen LogP contribution in [-0.2, 0) is 0 Å². The molecule has 1 aliphatic rings. The van der Waals surface area contributed by atoms with Crippen LogP contribution in [0.5, 0.6) is 5.75 Å². The zero-order valence-electron chi connectivity index (χ0n) is 13.1. The number of aromatic nitrogens is 3. The van der Waals surface area contributed by atoms with Crippen LogP contribution < -0.4 is 15.4 Å². The van der Waals surface area contributed by atoms with E-state index in [1.807, 2.05) is 12.3 Å². The Morgan fingerprint density at radius 1 is 1.17 bits per heavy atom. The molecule has 0 saturated heterocycles. The lowest BCUT2D eigenvalue weighted by Gasteiger charge is -2.09. The SMILES string of the molecule is Fc1ccc2cc1OCCCNCCNc1ccn3ncc-2c3n1. The molecule has 0 amide bonds. The second kappa shape index (κ2) is 6.45. The van der Waals surface area contributed by atoms with E-state index in [2.05, 4.69) is 20.7 Å². The van der Waals surface area contributed by atoms with Crippen molar-refractivity contribution in [3.05, 3.63) is 42.5 Å². The van der Waals surface area contributed by atoms with Gasteiger partial charge in [0.25, 0.3) is 0 Å². The van der Waals surface area contributed by atoms with Crippen molar-refractivity contribution in [3.63, 3.8) is 0 Å². The highest BCUT2D eigenvalue weighted by Gasteiger charge is 2.12. The van der Waals surface area contributed by atoms with Crippen molar-refractivity contribution in [1.29, 1.82) is 0 Å². The van der Waals surface area contributed by atoms with Crippen molar-refractivity contribution in [1.82, 2.24) is 19.9 Å². The Labute approximate surface area is 138 Å². The lowest BCUT2D eigenvalue weighted by Crippen LogP contribution is -2.24. The van der Waals surface area contributed by atoms with Crippen LogP contribution in [0.1, 0.15) is 6.42 Å². The summed E-state index contributed by atoms with van der Waals surface area (Å²) in [6.07, 6.45) is 4.41. The number of benzene rings is 1. The van der Waals surface area contributed by atoms with Gasteiger partial charge >= 0.3 is 0 Å². The standard InChI is InChI=1S/C17H18FN5O/c18-14-3-2-12-10-15(14)24-9-1-5-19-6-7-20-16-4-8-23-17(22-16)13(12)11-21-23/h2-4,8,10-11,19H,1,5-7,9H2,(H,20,22). The number of halogens is 1. The summed E-state index contributed by atoms with van der Waals surface area (Å²) in [6, 6.07) is 6.75. The van der Waals surface area contributed by atoms with Crippen molar-refractivity contribution < 1.29 is 9.13 Å². The normalized spacial score (nSPS) is 15.4. The number of hydrogen-bond acceptors (Lipinski definition) is 5. The van der Waals surface area contributed by atoms with Gasteiger partial charge in [-0.3, -0.25) is 0 Å². The minimum absolute atomic E-state index is 0.260. The highest BCUT2D eigenvalue weighted by Crippen LogP contribution is 2.29. The van der Waals surface area contributed by atoms with Gasteiger partial charge in [0, 0.05) is 24.8 Å². The van der Waals surface area contributed by atoms with E-state index in [1.54, 1.807) is 22.8 Å². The average Bonchev–Trinajstić information content (AvgIpc) is 3.01. The number of hydrogen-bond donors (Lipinski definition) is 2. The maximum atomic E-state index is 14.0. The molecule has 6 nitrogen and oxygen atoms in total. The predicted octanol–water partition coefficient (Wildman–Crippen LogP) is 2.32. The number of anilines is 1. The fourth-order valence-corrected chi connectivity index (χ4v) is 2.74. The molecule has 4 bridgehead atoms. The molecule has 7 heteroatoms. The molecule has 1 aromatic carbocycles. The minimum Gasteiger partial charge on any atom is -0.490 e. The molecular formula is C17H18FN5O. The van der Waals surface area contributed by atoms with Crippen LogP contribution in [0, 0.1) is 5.82 Å². The zero-order chi connectivity index (χ0) is 16.4. The Morgan fingerprint density at radius 2 is 2.12 bits per heavy atom. The molecule has 3 heterocycles. The van der Waals surface area contributed by atoms with Gasteiger partial charge in [-0.2, -0.15) is 5.10 Å². The van der Waals surface area contributed by atoms with E-state index >= 15 is 0 Å². The molecule has 2 aromatic heterocycles. The summed E-state index contributed by atoms with van der Waals surface area (Å²) in [5.41, 5.74) is 2.40. The van der Waals surface area contributed by atoms with Gasteiger partial charge < -0.3 is 15.4 Å². The molecule has 0 saturated carbocycles. The fourth-order valence-electron chi connectivity index (χ4n) is 2.74. The van der Waals surface area contributed by atoms with E-state index in [0.717, 1.165) is 48.6 Å². The third-order valence-electron chi connectivity index (χ3n) is 3.97. The Hall–Kier alpha value is -2.67. The fraction of sp³-hybridized carbons (Fsp3) is 0.294. The number of fused-ring (bicyclic) bond motifs is 4. The molecule has 0 atom stereocenters. The molecule has 3 aromatic rings. The van der Waals surface area contributed by atoms with Crippen LogP contribution in [0.15, 0.2) is 36.7 Å². The number of nitrogens with one attached hydrogen (secondary N) is 2. The highest BCUT2D eigenvalue weighted by atomic mass is 19.1. The van der Waals surface area contributed by atoms with Crippen molar-refractivity contribution in [2.75, 3.05) is 31.6 Å². The topological polar surface area (TPSA) is 63.5 Å². The summed E-state index contributed by atoms with van der Waals surface area (Å²) in [5.74, 6) is 0.693. The zero-order valence-corrected chi connectivity index (χ0v) is 13.1. The third kappa shape index (κ3) is 2.90. The molecule has 0 fully saturated rings. The lowest BCUT2D eigenvalue weighted by atomic mass is 10.1. The largest absolute Gasteiger partial charge is 0.490 e. The molecule has 0 radical (unpaired) electrons. The quantitative estimate of drug-likeness (QED) is 0.663. The summed E-state index contributed by atoms with van der Waals surface area (Å²) < 4.78 is 21.3. The van der Waals surface area contributed by atoms with Crippen LogP contribution in [0.25, 0.3) is 16.8 Å². The number of nitrogens with zero attached hydrogens (tertiary/aromatic N) is 3. The van der Waals surface area contributed by atoms with E-state index < -0.39 is 0 Å². The van der Waals surface area contributed by atoms with Crippen LogP contribution in [-0.4, -0.2) is 40.8 Å². The minimum atomic E-state index is -0.359. The van der Waals surface area contributed by atoms with E-state index in [4.69, 9.17) is 4.74 Å². The first-order valence-corrected chi connectivity index (χ1v) is 8.03. The summed E-state index contributed by atoms with van der Waals surface area (Å²) in [6.45, 7) is 2.88. The summed E-state index contributed by atoms with van der Waals surface area (Å²) in [7, 11) is 0. The molecule has 4 rings (SSSR count). The van der Waals surface area contributed by atoms with Crippen LogP contribution in [0.3, 0.4) is 0 Å². The van der Waals surface area contributed by atoms with E-state index in [0.29, 0.717) is 6.61 Å². The van der Waals surface area contributed by atoms with Gasteiger partial charge in [-0.15, -0.1) is 0 Å². The summed E-state index contributed by atoms with van der Waals surface area (Å²) >= 11 is 0. The van der Waals surface area contributed by atoms with E-state index in [1.165, 1.54) is 6.07 Å². The van der Waals surface area contributed by atoms with E-state index in [-0.39, 0.29) is 11.6 Å². The second-order valence-corrected chi connectivity index (χ2v) is 5.66. The first kappa shape index (κ1) is 14.9. The van der Waals surface area contributed by atoms with Gasteiger partial charge in [0.2, 0.25) is 0 Å². The molecule has 0 spiro atoms. The van der Waals surface area contributed by atoms with Crippen molar-refractivity contribution in [3.8, 4) is 16.9 Å². The maximum absolute atomic E-state index is 14.0. The number of rotatable bonds is 0. The molecule has 0 aliphatic carbocycles. The van der Waals surface area contributed by atoms with Gasteiger partial charge in [-0.05, 0) is 36.7 Å². The van der Waals surface area contributed by atoms with Gasteiger partial charge in [0.15, 0.2) is 17.2 Å². The smallest absolute Gasteiger partial charge is 0.165 e. The molecule has 124 valence electrons. The summed E-state index contributed by atoms with van der Waals surface area (Å²) in [5, 5.41) is 10.9. The first-order valence-electron chi connectivity index (χ1n) is 8.03. The number of ether oxygens (including phenoxy) is 1. The Bertz CT molecular complexity index is 863. The van der Waals surface area contributed by atoms with Gasteiger partial charge in [0.1, 0.15) is 5.82 Å². The van der Waals surface area contributed by atoms with Crippen LogP contribution in [0.4, 0.5) is 10.2 Å². The first-order chi connectivity index (χ1) is 11.8. The lowest BCUT2D eigenvalue weighted by molar-refractivity contribution is 0.294. The van der Waals surface area contributed by atoms with Crippen molar-refractivity contribution >= 4 is 11.5 Å². The van der Waals surface area contributed by atoms with Gasteiger partial charge in [0.05, 0.1) is 12.8 Å². The molecule has 0 unspecified atom stereocenters. The van der Waals surface area contributed by atoms with E-state index in [9.17, 15) is 4.39 Å².